The molecule has 2 atom stereocenters. The summed E-state index contributed by atoms with van der Waals surface area (Å²) in [5.41, 5.74) is 3.14. The molecule has 1 aromatic rings. The van der Waals surface area contributed by atoms with Crippen LogP contribution in [0.25, 0.3) is 0 Å². The number of aryl methyl sites for hydroxylation is 1. The highest BCUT2D eigenvalue weighted by molar-refractivity contribution is 5.29. The summed E-state index contributed by atoms with van der Waals surface area (Å²) in [5, 5.41) is 3.63. The van der Waals surface area contributed by atoms with Crippen LogP contribution in [0, 0.1) is 5.92 Å². The van der Waals surface area contributed by atoms with Gasteiger partial charge in [0.1, 0.15) is 0 Å². The molecule has 0 amide bonds. The standard InChI is InChI=1S/C15H23N/c1-3-10-16-12(2)14-9-8-13-6-4-5-7-15(13)11-14/h4-7,12,14,16H,3,8-11H2,1-2H3. The van der Waals surface area contributed by atoms with Crippen molar-refractivity contribution in [1.82, 2.24) is 5.32 Å². The van der Waals surface area contributed by atoms with E-state index in [1.54, 1.807) is 11.1 Å². The van der Waals surface area contributed by atoms with Crippen molar-refractivity contribution < 1.29 is 0 Å². The maximum atomic E-state index is 3.63. The van der Waals surface area contributed by atoms with E-state index in [2.05, 4.69) is 43.4 Å². The molecule has 1 heteroatoms. The Bertz CT molecular complexity index is 332. The maximum absolute atomic E-state index is 3.63. The summed E-state index contributed by atoms with van der Waals surface area (Å²) < 4.78 is 0. The Morgan fingerprint density at radius 1 is 1.31 bits per heavy atom. The molecule has 1 nitrogen and oxygen atoms in total. The monoisotopic (exact) mass is 217 g/mol. The van der Waals surface area contributed by atoms with E-state index in [1.807, 2.05) is 0 Å². The molecule has 0 radical (unpaired) electrons. The van der Waals surface area contributed by atoms with Gasteiger partial charge in [-0.3, -0.25) is 0 Å². The molecule has 0 aromatic heterocycles. The fourth-order valence-corrected chi connectivity index (χ4v) is 2.69. The van der Waals surface area contributed by atoms with Crippen LogP contribution < -0.4 is 5.32 Å². The molecule has 0 saturated carbocycles. The maximum Gasteiger partial charge on any atom is 0.00702 e. The normalized spacial score (nSPS) is 21.5. The third-order valence-electron chi connectivity index (χ3n) is 3.81. The van der Waals surface area contributed by atoms with E-state index >= 15 is 0 Å². The van der Waals surface area contributed by atoms with Crippen molar-refractivity contribution in [1.29, 1.82) is 0 Å². The van der Waals surface area contributed by atoms with E-state index in [4.69, 9.17) is 0 Å². The minimum absolute atomic E-state index is 0.660. The zero-order valence-corrected chi connectivity index (χ0v) is 10.5. The molecule has 2 unspecified atom stereocenters. The number of hydrogen-bond acceptors (Lipinski definition) is 1. The van der Waals surface area contributed by atoms with Crippen LogP contribution >= 0.6 is 0 Å². The molecule has 0 bridgehead atoms. The molecule has 1 N–H and O–H groups in total. The first kappa shape index (κ1) is 11.7. The van der Waals surface area contributed by atoms with Crippen molar-refractivity contribution >= 4 is 0 Å². The molecular weight excluding hydrogens is 194 g/mol. The Morgan fingerprint density at radius 3 is 2.81 bits per heavy atom. The molecule has 88 valence electrons. The Balaban J connectivity index is 1.97. The zero-order valence-electron chi connectivity index (χ0n) is 10.5. The molecule has 1 aliphatic rings. The molecular formula is C15H23N. The molecule has 16 heavy (non-hydrogen) atoms. The van der Waals surface area contributed by atoms with Gasteiger partial charge in [-0.25, -0.2) is 0 Å². The fourth-order valence-electron chi connectivity index (χ4n) is 2.69. The van der Waals surface area contributed by atoms with Crippen LogP contribution in [-0.4, -0.2) is 12.6 Å². The first-order valence-electron chi connectivity index (χ1n) is 6.61. The van der Waals surface area contributed by atoms with Crippen LogP contribution in [0.4, 0.5) is 0 Å². The summed E-state index contributed by atoms with van der Waals surface area (Å²) in [5.74, 6) is 0.821. The highest BCUT2D eigenvalue weighted by Crippen LogP contribution is 2.27. The van der Waals surface area contributed by atoms with Gasteiger partial charge in [0, 0.05) is 6.04 Å². The summed E-state index contributed by atoms with van der Waals surface area (Å²) in [7, 11) is 0. The van der Waals surface area contributed by atoms with E-state index in [-0.39, 0.29) is 0 Å². The van der Waals surface area contributed by atoms with Gasteiger partial charge in [0.15, 0.2) is 0 Å². The summed E-state index contributed by atoms with van der Waals surface area (Å²) in [6, 6.07) is 9.58. The lowest BCUT2D eigenvalue weighted by atomic mass is 9.80. The van der Waals surface area contributed by atoms with Gasteiger partial charge in [0.05, 0.1) is 0 Å². The van der Waals surface area contributed by atoms with Crippen molar-refractivity contribution in [2.45, 2.75) is 45.6 Å². The zero-order chi connectivity index (χ0) is 11.4. The molecule has 0 heterocycles. The van der Waals surface area contributed by atoms with E-state index in [0.29, 0.717) is 6.04 Å². The topological polar surface area (TPSA) is 12.0 Å². The van der Waals surface area contributed by atoms with E-state index in [1.165, 1.54) is 25.7 Å². The smallest absolute Gasteiger partial charge is 0.00702 e. The SMILES string of the molecule is CCCNC(C)C1CCc2ccccc2C1. The average molecular weight is 217 g/mol. The van der Waals surface area contributed by atoms with E-state index < -0.39 is 0 Å². The minimum atomic E-state index is 0.660. The van der Waals surface area contributed by atoms with Crippen LogP contribution in [0.1, 0.15) is 37.8 Å². The van der Waals surface area contributed by atoms with Crippen molar-refractivity contribution in [3.63, 3.8) is 0 Å². The van der Waals surface area contributed by atoms with Gasteiger partial charge in [-0.15, -0.1) is 0 Å². The third kappa shape index (κ3) is 2.65. The summed E-state index contributed by atoms with van der Waals surface area (Å²) >= 11 is 0. The van der Waals surface area contributed by atoms with Gasteiger partial charge in [0.25, 0.3) is 0 Å². The van der Waals surface area contributed by atoms with Gasteiger partial charge in [-0.2, -0.15) is 0 Å². The predicted octanol–water partition coefficient (Wildman–Crippen LogP) is 3.18. The second-order valence-corrected chi connectivity index (χ2v) is 5.01. The average Bonchev–Trinajstić information content (AvgIpc) is 2.35. The first-order valence-corrected chi connectivity index (χ1v) is 6.61. The second-order valence-electron chi connectivity index (χ2n) is 5.01. The van der Waals surface area contributed by atoms with Gasteiger partial charge in [0.2, 0.25) is 0 Å². The quantitative estimate of drug-likeness (QED) is 0.817. The minimum Gasteiger partial charge on any atom is -0.314 e. The molecule has 0 spiro atoms. The number of hydrogen-bond donors (Lipinski definition) is 1. The van der Waals surface area contributed by atoms with Crippen molar-refractivity contribution in [3.05, 3.63) is 35.4 Å². The lowest BCUT2D eigenvalue weighted by molar-refractivity contribution is 0.339. The molecule has 0 saturated heterocycles. The Kier molecular flexibility index (Phi) is 4.00. The second kappa shape index (κ2) is 5.49. The van der Waals surface area contributed by atoms with Gasteiger partial charge in [-0.05, 0) is 56.2 Å². The van der Waals surface area contributed by atoms with Crippen LogP contribution in [0.2, 0.25) is 0 Å². The lowest BCUT2D eigenvalue weighted by Crippen LogP contribution is -2.36. The van der Waals surface area contributed by atoms with Crippen molar-refractivity contribution in [3.8, 4) is 0 Å². The molecule has 0 aliphatic heterocycles. The number of nitrogens with one attached hydrogen (secondary N) is 1. The van der Waals surface area contributed by atoms with Crippen molar-refractivity contribution in [2.24, 2.45) is 5.92 Å². The largest absolute Gasteiger partial charge is 0.314 e. The lowest BCUT2D eigenvalue weighted by Gasteiger charge is -2.30. The third-order valence-corrected chi connectivity index (χ3v) is 3.81. The van der Waals surface area contributed by atoms with Crippen molar-refractivity contribution in [2.75, 3.05) is 6.54 Å². The van der Waals surface area contributed by atoms with Crippen LogP contribution in [0.3, 0.4) is 0 Å². The number of fused-ring (bicyclic) bond motifs is 1. The summed E-state index contributed by atoms with van der Waals surface area (Å²) in [4.78, 5) is 0. The Morgan fingerprint density at radius 2 is 2.06 bits per heavy atom. The van der Waals surface area contributed by atoms with Crippen LogP contribution in [0.5, 0.6) is 0 Å². The molecule has 2 rings (SSSR count). The van der Waals surface area contributed by atoms with E-state index in [9.17, 15) is 0 Å². The van der Waals surface area contributed by atoms with Gasteiger partial charge >= 0.3 is 0 Å². The van der Waals surface area contributed by atoms with Crippen LogP contribution in [-0.2, 0) is 12.8 Å². The van der Waals surface area contributed by atoms with Gasteiger partial charge < -0.3 is 5.32 Å². The van der Waals surface area contributed by atoms with E-state index in [0.717, 1.165) is 12.5 Å². The fraction of sp³-hybridized carbons (Fsp3) is 0.600. The molecule has 1 aromatic carbocycles. The highest BCUT2D eigenvalue weighted by atomic mass is 14.9. The Hall–Kier alpha value is -0.820. The highest BCUT2D eigenvalue weighted by Gasteiger charge is 2.22. The molecule has 1 aliphatic carbocycles. The number of rotatable bonds is 4. The number of benzene rings is 1. The molecule has 0 fully saturated rings. The van der Waals surface area contributed by atoms with Crippen LogP contribution in [0.15, 0.2) is 24.3 Å². The summed E-state index contributed by atoms with van der Waals surface area (Å²) in [6.45, 7) is 5.73. The van der Waals surface area contributed by atoms with Gasteiger partial charge in [-0.1, -0.05) is 31.2 Å². The predicted molar refractivity (Wildman–Crippen MR) is 69.7 cm³/mol. The first-order chi connectivity index (χ1) is 7.81. The Labute approximate surface area is 99.3 Å². The summed E-state index contributed by atoms with van der Waals surface area (Å²) in [6.07, 6.45) is 5.09.